The van der Waals surface area contributed by atoms with Crippen molar-refractivity contribution in [3.8, 4) is 0 Å². The standard InChI is InChI=1S/C14H28N2/c1-2-12-5-7-13(8-6-12)10-16-9-3-4-14(15)11-16/h12-14H,2-11,15H2,1H3. The highest BCUT2D eigenvalue weighted by Crippen LogP contribution is 2.31. The summed E-state index contributed by atoms with van der Waals surface area (Å²) in [5.74, 6) is 1.99. The normalized spacial score (nSPS) is 37.5. The Hall–Kier alpha value is -0.0800. The Morgan fingerprint density at radius 2 is 1.75 bits per heavy atom. The molecular weight excluding hydrogens is 196 g/mol. The monoisotopic (exact) mass is 224 g/mol. The summed E-state index contributed by atoms with van der Waals surface area (Å²) in [6, 6.07) is 0.445. The number of likely N-dealkylation sites (tertiary alicyclic amines) is 1. The van der Waals surface area contributed by atoms with Crippen LogP contribution in [0.2, 0.25) is 0 Å². The predicted octanol–water partition coefficient (Wildman–Crippen LogP) is 2.63. The number of piperidine rings is 1. The Morgan fingerprint density at radius 1 is 1.06 bits per heavy atom. The second-order valence-corrected chi connectivity index (χ2v) is 5.96. The largest absolute Gasteiger partial charge is 0.327 e. The van der Waals surface area contributed by atoms with Gasteiger partial charge in [0, 0.05) is 19.1 Å². The fourth-order valence-corrected chi connectivity index (χ4v) is 3.44. The fraction of sp³-hybridized carbons (Fsp3) is 1.00. The van der Waals surface area contributed by atoms with Gasteiger partial charge in [-0.25, -0.2) is 0 Å². The minimum Gasteiger partial charge on any atom is -0.327 e. The van der Waals surface area contributed by atoms with E-state index in [-0.39, 0.29) is 0 Å². The molecule has 2 rings (SSSR count). The molecule has 0 aromatic heterocycles. The molecule has 0 amide bonds. The fourth-order valence-electron chi connectivity index (χ4n) is 3.44. The summed E-state index contributed by atoms with van der Waals surface area (Å²) in [6.45, 7) is 6.11. The maximum absolute atomic E-state index is 6.03. The van der Waals surface area contributed by atoms with E-state index in [0.717, 1.165) is 18.4 Å². The lowest BCUT2D eigenvalue weighted by atomic mass is 9.80. The van der Waals surface area contributed by atoms with Crippen molar-refractivity contribution in [3.05, 3.63) is 0 Å². The van der Waals surface area contributed by atoms with E-state index in [4.69, 9.17) is 5.73 Å². The molecule has 16 heavy (non-hydrogen) atoms. The highest BCUT2D eigenvalue weighted by atomic mass is 15.1. The summed E-state index contributed by atoms with van der Waals surface area (Å²) < 4.78 is 0. The zero-order valence-corrected chi connectivity index (χ0v) is 10.8. The maximum Gasteiger partial charge on any atom is 0.0168 e. The molecule has 1 atom stereocenters. The summed E-state index contributed by atoms with van der Waals surface area (Å²) in [6.07, 6.45) is 9.81. The van der Waals surface area contributed by atoms with E-state index < -0.39 is 0 Å². The van der Waals surface area contributed by atoms with Gasteiger partial charge in [-0.15, -0.1) is 0 Å². The third-order valence-corrected chi connectivity index (χ3v) is 4.60. The van der Waals surface area contributed by atoms with Crippen molar-refractivity contribution in [1.82, 2.24) is 4.90 Å². The Balaban J connectivity index is 1.69. The van der Waals surface area contributed by atoms with Crippen molar-refractivity contribution in [1.29, 1.82) is 0 Å². The number of nitrogens with zero attached hydrogens (tertiary/aromatic N) is 1. The van der Waals surface area contributed by atoms with Gasteiger partial charge in [-0.1, -0.05) is 26.2 Å². The molecular formula is C14H28N2. The van der Waals surface area contributed by atoms with E-state index >= 15 is 0 Å². The first kappa shape index (κ1) is 12.4. The summed E-state index contributed by atoms with van der Waals surface area (Å²) in [4.78, 5) is 2.62. The molecule has 0 spiro atoms. The van der Waals surface area contributed by atoms with Gasteiger partial charge in [0.05, 0.1) is 0 Å². The van der Waals surface area contributed by atoms with Crippen LogP contribution in [0.3, 0.4) is 0 Å². The zero-order chi connectivity index (χ0) is 11.4. The van der Waals surface area contributed by atoms with E-state index in [9.17, 15) is 0 Å². The molecule has 1 saturated heterocycles. The molecule has 2 heteroatoms. The van der Waals surface area contributed by atoms with Crippen LogP contribution in [0.1, 0.15) is 51.9 Å². The lowest BCUT2D eigenvalue weighted by Crippen LogP contribution is -2.44. The van der Waals surface area contributed by atoms with E-state index in [2.05, 4.69) is 11.8 Å². The number of nitrogens with two attached hydrogens (primary N) is 1. The van der Waals surface area contributed by atoms with Crippen molar-refractivity contribution in [3.63, 3.8) is 0 Å². The molecule has 1 aliphatic heterocycles. The topological polar surface area (TPSA) is 29.3 Å². The van der Waals surface area contributed by atoms with Crippen LogP contribution in [0.25, 0.3) is 0 Å². The van der Waals surface area contributed by atoms with Gasteiger partial charge in [0.15, 0.2) is 0 Å². The molecule has 0 bridgehead atoms. The lowest BCUT2D eigenvalue weighted by molar-refractivity contribution is 0.148. The third kappa shape index (κ3) is 3.46. The Bertz CT molecular complexity index is 197. The van der Waals surface area contributed by atoms with Crippen LogP contribution in [0.15, 0.2) is 0 Å². The lowest BCUT2D eigenvalue weighted by Gasteiger charge is -2.36. The number of hydrogen-bond acceptors (Lipinski definition) is 2. The van der Waals surface area contributed by atoms with Crippen molar-refractivity contribution >= 4 is 0 Å². The molecule has 1 aliphatic carbocycles. The second-order valence-electron chi connectivity index (χ2n) is 5.96. The predicted molar refractivity (Wildman–Crippen MR) is 69.4 cm³/mol. The molecule has 0 aromatic carbocycles. The molecule has 2 aliphatic rings. The summed E-state index contributed by atoms with van der Waals surface area (Å²) in [7, 11) is 0. The van der Waals surface area contributed by atoms with Crippen LogP contribution < -0.4 is 5.73 Å². The van der Waals surface area contributed by atoms with Gasteiger partial charge >= 0.3 is 0 Å². The van der Waals surface area contributed by atoms with Crippen LogP contribution in [0.5, 0.6) is 0 Å². The molecule has 94 valence electrons. The van der Waals surface area contributed by atoms with Gasteiger partial charge in [-0.05, 0) is 44.1 Å². The first-order valence-corrected chi connectivity index (χ1v) is 7.26. The average Bonchev–Trinajstić information content (AvgIpc) is 2.30. The molecule has 0 radical (unpaired) electrons. The van der Waals surface area contributed by atoms with Crippen molar-refractivity contribution < 1.29 is 0 Å². The second kappa shape index (κ2) is 6.02. The molecule has 0 aromatic rings. The Kier molecular flexibility index (Phi) is 4.66. The van der Waals surface area contributed by atoms with Gasteiger partial charge < -0.3 is 10.6 Å². The Labute approximate surface area is 101 Å². The molecule has 1 heterocycles. The highest BCUT2D eigenvalue weighted by molar-refractivity contribution is 4.79. The van der Waals surface area contributed by atoms with Gasteiger partial charge in [0.25, 0.3) is 0 Å². The van der Waals surface area contributed by atoms with Crippen molar-refractivity contribution in [2.45, 2.75) is 57.9 Å². The first-order valence-electron chi connectivity index (χ1n) is 7.26. The molecule has 2 nitrogen and oxygen atoms in total. The molecule has 2 N–H and O–H groups in total. The minimum atomic E-state index is 0.445. The van der Waals surface area contributed by atoms with Gasteiger partial charge in [0.2, 0.25) is 0 Å². The van der Waals surface area contributed by atoms with E-state index in [1.165, 1.54) is 58.0 Å². The quantitative estimate of drug-likeness (QED) is 0.798. The molecule has 2 fully saturated rings. The maximum atomic E-state index is 6.03. The van der Waals surface area contributed by atoms with Crippen LogP contribution in [-0.4, -0.2) is 30.6 Å². The van der Waals surface area contributed by atoms with Gasteiger partial charge in [-0.2, -0.15) is 0 Å². The number of hydrogen-bond donors (Lipinski definition) is 1. The minimum absolute atomic E-state index is 0.445. The van der Waals surface area contributed by atoms with Crippen LogP contribution in [-0.2, 0) is 0 Å². The van der Waals surface area contributed by atoms with Crippen LogP contribution >= 0.6 is 0 Å². The molecule has 1 unspecified atom stereocenters. The van der Waals surface area contributed by atoms with Gasteiger partial charge in [0.1, 0.15) is 0 Å². The van der Waals surface area contributed by atoms with E-state index in [1.807, 2.05) is 0 Å². The van der Waals surface area contributed by atoms with Crippen LogP contribution in [0, 0.1) is 11.8 Å². The average molecular weight is 224 g/mol. The highest BCUT2D eigenvalue weighted by Gasteiger charge is 2.24. The summed E-state index contributed by atoms with van der Waals surface area (Å²) in [5.41, 5.74) is 6.03. The molecule has 1 saturated carbocycles. The smallest absolute Gasteiger partial charge is 0.0168 e. The summed E-state index contributed by atoms with van der Waals surface area (Å²) in [5, 5.41) is 0. The van der Waals surface area contributed by atoms with E-state index in [0.29, 0.717) is 6.04 Å². The Morgan fingerprint density at radius 3 is 2.38 bits per heavy atom. The first-order chi connectivity index (χ1) is 7.78. The van der Waals surface area contributed by atoms with Gasteiger partial charge in [-0.3, -0.25) is 0 Å². The van der Waals surface area contributed by atoms with Crippen LogP contribution in [0.4, 0.5) is 0 Å². The zero-order valence-electron chi connectivity index (χ0n) is 10.8. The van der Waals surface area contributed by atoms with E-state index in [1.54, 1.807) is 0 Å². The number of rotatable bonds is 3. The van der Waals surface area contributed by atoms with Crippen molar-refractivity contribution in [2.24, 2.45) is 17.6 Å². The van der Waals surface area contributed by atoms with Crippen molar-refractivity contribution in [2.75, 3.05) is 19.6 Å². The SMILES string of the molecule is CCC1CCC(CN2CCCC(N)C2)CC1. The third-order valence-electron chi connectivity index (χ3n) is 4.60. The summed E-state index contributed by atoms with van der Waals surface area (Å²) >= 11 is 0.